The maximum atomic E-state index is 12.1. The molecule has 4 nitrogen and oxygen atoms in total. The summed E-state index contributed by atoms with van der Waals surface area (Å²) in [6.07, 6.45) is 0. The molecule has 0 radical (unpaired) electrons. The SMILES string of the molecule is Cc1cccc(C(=O)N(C)CC(C)C#N)c1N. The van der Waals surface area contributed by atoms with Crippen LogP contribution in [0.25, 0.3) is 0 Å². The van der Waals surface area contributed by atoms with Crippen LogP contribution in [0.5, 0.6) is 0 Å². The fourth-order valence-corrected chi connectivity index (χ4v) is 1.61. The third-order valence-electron chi connectivity index (χ3n) is 2.67. The van der Waals surface area contributed by atoms with Crippen molar-refractivity contribution in [1.82, 2.24) is 4.90 Å². The molecule has 0 fully saturated rings. The number of rotatable bonds is 3. The molecule has 0 aliphatic heterocycles. The molecule has 0 aromatic heterocycles. The summed E-state index contributed by atoms with van der Waals surface area (Å²) in [6.45, 7) is 4.05. The van der Waals surface area contributed by atoms with E-state index in [2.05, 4.69) is 6.07 Å². The van der Waals surface area contributed by atoms with Gasteiger partial charge >= 0.3 is 0 Å². The zero-order chi connectivity index (χ0) is 13.0. The summed E-state index contributed by atoms with van der Waals surface area (Å²) in [7, 11) is 1.68. The Hall–Kier alpha value is -2.02. The van der Waals surface area contributed by atoms with Crippen LogP contribution in [0.4, 0.5) is 5.69 Å². The van der Waals surface area contributed by atoms with Crippen molar-refractivity contribution in [2.24, 2.45) is 5.92 Å². The van der Waals surface area contributed by atoms with Crippen molar-refractivity contribution in [1.29, 1.82) is 5.26 Å². The average Bonchev–Trinajstić information content (AvgIpc) is 2.31. The van der Waals surface area contributed by atoms with Crippen LogP contribution in [0.3, 0.4) is 0 Å². The van der Waals surface area contributed by atoms with Crippen LogP contribution in [0, 0.1) is 24.2 Å². The van der Waals surface area contributed by atoms with E-state index in [1.807, 2.05) is 13.0 Å². The number of hydrogen-bond acceptors (Lipinski definition) is 3. The number of benzene rings is 1. The van der Waals surface area contributed by atoms with Gasteiger partial charge in [-0.15, -0.1) is 0 Å². The fraction of sp³-hybridized carbons (Fsp3) is 0.385. The van der Waals surface area contributed by atoms with E-state index in [0.717, 1.165) is 5.56 Å². The first-order valence-corrected chi connectivity index (χ1v) is 5.47. The summed E-state index contributed by atoms with van der Waals surface area (Å²) in [6, 6.07) is 7.48. The van der Waals surface area contributed by atoms with Gasteiger partial charge in [-0.05, 0) is 25.5 Å². The van der Waals surface area contributed by atoms with Gasteiger partial charge in [0.2, 0.25) is 0 Å². The number of anilines is 1. The maximum absolute atomic E-state index is 12.1. The predicted octanol–water partition coefficient (Wildman–Crippen LogP) is 1.81. The van der Waals surface area contributed by atoms with Crippen molar-refractivity contribution >= 4 is 11.6 Å². The Morgan fingerprint density at radius 2 is 2.24 bits per heavy atom. The lowest BCUT2D eigenvalue weighted by atomic mass is 10.1. The third-order valence-corrected chi connectivity index (χ3v) is 2.67. The molecular weight excluding hydrogens is 214 g/mol. The third kappa shape index (κ3) is 2.97. The molecule has 0 heterocycles. The minimum atomic E-state index is -0.185. The monoisotopic (exact) mass is 231 g/mol. The lowest BCUT2D eigenvalue weighted by molar-refractivity contribution is 0.0786. The molecule has 1 unspecified atom stereocenters. The van der Waals surface area contributed by atoms with Gasteiger partial charge in [-0.3, -0.25) is 4.79 Å². The van der Waals surface area contributed by atoms with Crippen molar-refractivity contribution in [2.45, 2.75) is 13.8 Å². The Kier molecular flexibility index (Phi) is 4.11. The molecule has 2 N–H and O–H groups in total. The number of hydrogen-bond donors (Lipinski definition) is 1. The van der Waals surface area contributed by atoms with Crippen molar-refractivity contribution in [3.8, 4) is 6.07 Å². The minimum absolute atomic E-state index is 0.145. The van der Waals surface area contributed by atoms with E-state index in [0.29, 0.717) is 17.8 Å². The van der Waals surface area contributed by atoms with Crippen LogP contribution in [0.15, 0.2) is 18.2 Å². The molecule has 0 spiro atoms. The van der Waals surface area contributed by atoms with Crippen molar-refractivity contribution < 1.29 is 4.79 Å². The summed E-state index contributed by atoms with van der Waals surface area (Å²) < 4.78 is 0. The molecule has 1 amide bonds. The molecule has 0 aliphatic rings. The van der Waals surface area contributed by atoms with E-state index in [1.54, 1.807) is 26.1 Å². The average molecular weight is 231 g/mol. The van der Waals surface area contributed by atoms with E-state index in [9.17, 15) is 4.79 Å². The second kappa shape index (κ2) is 5.35. The summed E-state index contributed by atoms with van der Waals surface area (Å²) in [5.74, 6) is -0.330. The molecule has 0 saturated carbocycles. The van der Waals surface area contributed by atoms with Crippen molar-refractivity contribution in [2.75, 3.05) is 19.3 Å². The number of aryl methyl sites for hydroxylation is 1. The first kappa shape index (κ1) is 13.0. The van der Waals surface area contributed by atoms with Gasteiger partial charge in [-0.2, -0.15) is 5.26 Å². The minimum Gasteiger partial charge on any atom is -0.398 e. The van der Waals surface area contributed by atoms with Gasteiger partial charge in [0.1, 0.15) is 0 Å². The molecule has 1 aromatic rings. The number of nitrogens with two attached hydrogens (primary N) is 1. The zero-order valence-corrected chi connectivity index (χ0v) is 10.4. The Morgan fingerprint density at radius 1 is 1.59 bits per heavy atom. The van der Waals surface area contributed by atoms with Crippen molar-refractivity contribution in [3.05, 3.63) is 29.3 Å². The molecule has 0 saturated heterocycles. The van der Waals surface area contributed by atoms with Crippen molar-refractivity contribution in [3.63, 3.8) is 0 Å². The van der Waals surface area contributed by atoms with E-state index in [1.165, 1.54) is 4.90 Å². The molecule has 1 aromatic carbocycles. The van der Waals surface area contributed by atoms with Crippen LogP contribution in [0.1, 0.15) is 22.8 Å². The van der Waals surface area contributed by atoms with E-state index >= 15 is 0 Å². The van der Waals surface area contributed by atoms with Gasteiger partial charge in [0.05, 0.1) is 17.6 Å². The number of carbonyl (C=O) groups is 1. The van der Waals surface area contributed by atoms with E-state index in [4.69, 9.17) is 11.0 Å². The Morgan fingerprint density at radius 3 is 2.82 bits per heavy atom. The normalized spacial score (nSPS) is 11.6. The van der Waals surface area contributed by atoms with Crippen LogP contribution >= 0.6 is 0 Å². The summed E-state index contributed by atoms with van der Waals surface area (Å²) >= 11 is 0. The molecule has 0 aliphatic carbocycles. The second-order valence-electron chi connectivity index (χ2n) is 4.25. The molecule has 1 atom stereocenters. The van der Waals surface area contributed by atoms with Crippen LogP contribution in [-0.4, -0.2) is 24.4 Å². The largest absolute Gasteiger partial charge is 0.398 e. The van der Waals surface area contributed by atoms with Crippen LogP contribution < -0.4 is 5.73 Å². The quantitative estimate of drug-likeness (QED) is 0.806. The van der Waals surface area contributed by atoms with E-state index in [-0.39, 0.29) is 11.8 Å². The lowest BCUT2D eigenvalue weighted by Gasteiger charge is -2.19. The number of nitrogen functional groups attached to an aromatic ring is 1. The van der Waals surface area contributed by atoms with E-state index < -0.39 is 0 Å². The van der Waals surface area contributed by atoms with Gasteiger partial charge in [0, 0.05) is 19.3 Å². The van der Waals surface area contributed by atoms with Crippen LogP contribution in [0.2, 0.25) is 0 Å². The topological polar surface area (TPSA) is 70.1 Å². The smallest absolute Gasteiger partial charge is 0.255 e. The second-order valence-corrected chi connectivity index (χ2v) is 4.25. The highest BCUT2D eigenvalue weighted by Gasteiger charge is 2.17. The summed E-state index contributed by atoms with van der Waals surface area (Å²) in [5, 5.41) is 8.72. The molecular formula is C13H17N3O. The number of nitrogens with zero attached hydrogens (tertiary/aromatic N) is 2. The fourth-order valence-electron chi connectivity index (χ4n) is 1.61. The number of carbonyl (C=O) groups excluding carboxylic acids is 1. The number of nitriles is 1. The summed E-state index contributed by atoms with van der Waals surface area (Å²) in [5.41, 5.74) is 7.76. The molecule has 90 valence electrons. The number of para-hydroxylation sites is 1. The van der Waals surface area contributed by atoms with Gasteiger partial charge in [0.25, 0.3) is 5.91 Å². The highest BCUT2D eigenvalue weighted by molar-refractivity contribution is 5.99. The zero-order valence-electron chi connectivity index (χ0n) is 10.4. The molecule has 0 bridgehead atoms. The Labute approximate surface area is 102 Å². The standard InChI is InChI=1S/C13H17N3O/c1-9(7-14)8-16(3)13(17)11-6-4-5-10(2)12(11)15/h4-6,9H,8,15H2,1-3H3. The lowest BCUT2D eigenvalue weighted by Crippen LogP contribution is -2.31. The van der Waals surface area contributed by atoms with Gasteiger partial charge in [0.15, 0.2) is 0 Å². The Bertz CT molecular complexity index is 462. The molecule has 17 heavy (non-hydrogen) atoms. The first-order chi connectivity index (χ1) is 7.97. The van der Waals surface area contributed by atoms with Gasteiger partial charge in [-0.25, -0.2) is 0 Å². The Balaban J connectivity index is 2.90. The maximum Gasteiger partial charge on any atom is 0.255 e. The highest BCUT2D eigenvalue weighted by atomic mass is 16.2. The highest BCUT2D eigenvalue weighted by Crippen LogP contribution is 2.18. The molecule has 4 heteroatoms. The summed E-state index contributed by atoms with van der Waals surface area (Å²) in [4.78, 5) is 13.6. The van der Waals surface area contributed by atoms with Gasteiger partial charge < -0.3 is 10.6 Å². The molecule has 1 rings (SSSR count). The van der Waals surface area contributed by atoms with Gasteiger partial charge in [-0.1, -0.05) is 12.1 Å². The first-order valence-electron chi connectivity index (χ1n) is 5.47. The number of amides is 1. The van der Waals surface area contributed by atoms with Crippen LogP contribution in [-0.2, 0) is 0 Å². The predicted molar refractivity (Wildman–Crippen MR) is 67.3 cm³/mol.